The van der Waals surface area contributed by atoms with Gasteiger partial charge >= 0.3 is 5.69 Å². The van der Waals surface area contributed by atoms with E-state index in [-0.39, 0.29) is 17.3 Å². The molecule has 1 aromatic carbocycles. The molecule has 0 saturated carbocycles. The number of carbonyl (C=O) groups excluding carboxylic acids is 1. The first-order valence-corrected chi connectivity index (χ1v) is 6.64. The molecule has 1 N–H and O–H groups in total. The molecule has 0 unspecified atom stereocenters. The molecule has 0 aliphatic rings. The first-order valence-electron chi connectivity index (χ1n) is 5.65. The van der Waals surface area contributed by atoms with Gasteiger partial charge in [-0.2, -0.15) is 0 Å². The average molecular weight is 278 g/mol. The molecule has 7 heteroatoms. The fourth-order valence-electron chi connectivity index (χ4n) is 1.44. The van der Waals surface area contributed by atoms with Crippen molar-refractivity contribution >= 4 is 17.7 Å². The summed E-state index contributed by atoms with van der Waals surface area (Å²) in [5.74, 6) is 0.212. The van der Waals surface area contributed by atoms with Crippen molar-refractivity contribution in [3.05, 3.63) is 40.8 Å². The number of carbonyl (C=O) groups is 1. The highest BCUT2D eigenvalue weighted by Gasteiger charge is 2.13. The fourth-order valence-corrected chi connectivity index (χ4v) is 2.38. The Morgan fingerprint density at radius 2 is 2.05 bits per heavy atom. The van der Waals surface area contributed by atoms with Crippen LogP contribution in [0.15, 0.2) is 40.3 Å². The number of nitrogens with one attached hydrogen (secondary N) is 1. The maximum Gasteiger partial charge on any atom is 0.348 e. The van der Waals surface area contributed by atoms with Crippen LogP contribution in [0.2, 0.25) is 0 Å². The Bertz CT molecular complexity index is 618. The Morgan fingerprint density at radius 1 is 1.37 bits per heavy atom. The number of amides is 1. The Hall–Kier alpha value is -2.02. The highest BCUT2D eigenvalue weighted by atomic mass is 32.2. The van der Waals surface area contributed by atoms with Crippen LogP contribution in [-0.2, 0) is 4.79 Å². The van der Waals surface area contributed by atoms with E-state index in [2.05, 4.69) is 10.2 Å². The second-order valence-electron chi connectivity index (χ2n) is 4.06. The van der Waals surface area contributed by atoms with Gasteiger partial charge in [-0.1, -0.05) is 30.0 Å². The molecule has 0 atom stereocenters. The number of aromatic nitrogens is 3. The Kier molecular flexibility index (Phi) is 4.06. The molecule has 0 aliphatic heterocycles. The van der Waals surface area contributed by atoms with Crippen molar-refractivity contribution in [1.82, 2.24) is 19.7 Å². The van der Waals surface area contributed by atoms with E-state index in [0.717, 1.165) is 5.69 Å². The van der Waals surface area contributed by atoms with Gasteiger partial charge in [0.1, 0.15) is 0 Å². The zero-order valence-corrected chi connectivity index (χ0v) is 11.5. The normalized spacial score (nSPS) is 10.4. The van der Waals surface area contributed by atoms with Crippen LogP contribution in [0.1, 0.15) is 0 Å². The van der Waals surface area contributed by atoms with E-state index in [9.17, 15) is 9.59 Å². The van der Waals surface area contributed by atoms with Crippen molar-refractivity contribution in [1.29, 1.82) is 0 Å². The SMILES string of the molecule is CN(C)C(=O)CSc1n[nH]c(=O)n1-c1ccccc1. The smallest absolute Gasteiger partial charge is 0.348 e. The van der Waals surface area contributed by atoms with Gasteiger partial charge in [-0.3, -0.25) is 4.79 Å². The van der Waals surface area contributed by atoms with Crippen LogP contribution in [0.5, 0.6) is 0 Å². The third kappa shape index (κ3) is 3.05. The molecule has 0 bridgehead atoms. The van der Waals surface area contributed by atoms with Gasteiger partial charge in [0.2, 0.25) is 5.91 Å². The minimum absolute atomic E-state index is 0.0277. The van der Waals surface area contributed by atoms with Crippen molar-refractivity contribution in [3.8, 4) is 5.69 Å². The van der Waals surface area contributed by atoms with Crippen LogP contribution < -0.4 is 5.69 Å². The lowest BCUT2D eigenvalue weighted by molar-refractivity contribution is -0.125. The van der Waals surface area contributed by atoms with Crippen LogP contribution in [0, 0.1) is 0 Å². The van der Waals surface area contributed by atoms with Gasteiger partial charge in [-0.05, 0) is 12.1 Å². The van der Waals surface area contributed by atoms with Gasteiger partial charge in [0.25, 0.3) is 0 Å². The van der Waals surface area contributed by atoms with Gasteiger partial charge < -0.3 is 4.90 Å². The van der Waals surface area contributed by atoms with Gasteiger partial charge in [0.15, 0.2) is 5.16 Å². The second kappa shape index (κ2) is 5.75. The van der Waals surface area contributed by atoms with Gasteiger partial charge in [0.05, 0.1) is 11.4 Å². The number of rotatable bonds is 4. The summed E-state index contributed by atoms with van der Waals surface area (Å²) in [5.41, 5.74) is 0.409. The molecule has 1 amide bonds. The number of nitrogens with zero attached hydrogens (tertiary/aromatic N) is 3. The summed E-state index contributed by atoms with van der Waals surface area (Å²) in [7, 11) is 3.38. The molecular weight excluding hydrogens is 264 g/mol. The van der Waals surface area contributed by atoms with Crippen molar-refractivity contribution in [3.63, 3.8) is 0 Å². The lowest BCUT2D eigenvalue weighted by Crippen LogP contribution is -2.24. The summed E-state index contributed by atoms with van der Waals surface area (Å²) in [5, 5.41) is 6.82. The predicted octanol–water partition coefficient (Wildman–Crippen LogP) is 0.741. The zero-order valence-electron chi connectivity index (χ0n) is 10.7. The van der Waals surface area contributed by atoms with E-state index in [1.165, 1.54) is 21.2 Å². The van der Waals surface area contributed by atoms with E-state index in [1.807, 2.05) is 30.3 Å². The van der Waals surface area contributed by atoms with Crippen LogP contribution in [0.25, 0.3) is 5.69 Å². The minimum Gasteiger partial charge on any atom is -0.348 e. The number of hydrogen-bond acceptors (Lipinski definition) is 4. The van der Waals surface area contributed by atoms with E-state index >= 15 is 0 Å². The van der Waals surface area contributed by atoms with E-state index in [0.29, 0.717) is 5.16 Å². The highest BCUT2D eigenvalue weighted by Crippen LogP contribution is 2.17. The standard InChI is InChI=1S/C12H14N4O2S/c1-15(2)10(17)8-19-12-14-13-11(18)16(12)9-6-4-3-5-7-9/h3-7H,8H2,1-2H3,(H,13,18). The number of benzene rings is 1. The lowest BCUT2D eigenvalue weighted by atomic mass is 10.3. The predicted molar refractivity (Wildman–Crippen MR) is 73.6 cm³/mol. The summed E-state index contributed by atoms with van der Waals surface area (Å²) >= 11 is 1.23. The molecule has 0 spiro atoms. The summed E-state index contributed by atoms with van der Waals surface area (Å²) in [4.78, 5) is 24.8. The van der Waals surface area contributed by atoms with Crippen molar-refractivity contribution in [2.45, 2.75) is 5.16 Å². The van der Waals surface area contributed by atoms with Crippen molar-refractivity contribution in [2.75, 3.05) is 19.8 Å². The molecule has 6 nitrogen and oxygen atoms in total. The fraction of sp³-hybridized carbons (Fsp3) is 0.250. The van der Waals surface area contributed by atoms with E-state index in [4.69, 9.17) is 0 Å². The molecule has 0 saturated heterocycles. The Morgan fingerprint density at radius 3 is 2.68 bits per heavy atom. The average Bonchev–Trinajstić information content (AvgIpc) is 2.78. The lowest BCUT2D eigenvalue weighted by Gasteiger charge is -2.09. The molecule has 1 aromatic heterocycles. The summed E-state index contributed by atoms with van der Waals surface area (Å²) < 4.78 is 1.45. The first-order chi connectivity index (χ1) is 9.09. The molecule has 2 aromatic rings. The molecule has 19 heavy (non-hydrogen) atoms. The molecule has 100 valence electrons. The maximum atomic E-state index is 11.8. The monoisotopic (exact) mass is 278 g/mol. The van der Waals surface area contributed by atoms with Crippen LogP contribution in [-0.4, -0.2) is 45.4 Å². The Balaban J connectivity index is 2.24. The first kappa shape index (κ1) is 13.4. The minimum atomic E-state index is -0.314. The summed E-state index contributed by atoms with van der Waals surface area (Å²) in [6, 6.07) is 9.18. The third-order valence-electron chi connectivity index (χ3n) is 2.48. The maximum absolute atomic E-state index is 11.8. The van der Waals surface area contributed by atoms with Crippen molar-refractivity contribution in [2.24, 2.45) is 0 Å². The van der Waals surface area contributed by atoms with E-state index in [1.54, 1.807) is 14.1 Å². The number of hydrogen-bond donors (Lipinski definition) is 1. The van der Waals surface area contributed by atoms with E-state index < -0.39 is 0 Å². The Labute approximate surface area is 114 Å². The summed E-state index contributed by atoms with van der Waals surface area (Å²) in [6.07, 6.45) is 0. The zero-order chi connectivity index (χ0) is 13.8. The molecule has 0 aliphatic carbocycles. The topological polar surface area (TPSA) is 71.0 Å². The third-order valence-corrected chi connectivity index (χ3v) is 3.40. The quantitative estimate of drug-likeness (QED) is 0.837. The molecule has 0 radical (unpaired) electrons. The van der Waals surface area contributed by atoms with Crippen molar-refractivity contribution < 1.29 is 4.79 Å². The molecular formula is C12H14N4O2S. The number of para-hydroxylation sites is 1. The van der Waals surface area contributed by atoms with Crippen LogP contribution in [0.4, 0.5) is 0 Å². The molecule has 1 heterocycles. The number of H-pyrrole nitrogens is 1. The molecule has 0 fully saturated rings. The van der Waals surface area contributed by atoms with Crippen LogP contribution >= 0.6 is 11.8 Å². The van der Waals surface area contributed by atoms with Gasteiger partial charge in [-0.25, -0.2) is 14.5 Å². The number of thioether (sulfide) groups is 1. The largest absolute Gasteiger partial charge is 0.348 e. The molecule has 2 rings (SSSR count). The van der Waals surface area contributed by atoms with Crippen LogP contribution in [0.3, 0.4) is 0 Å². The second-order valence-corrected chi connectivity index (χ2v) is 5.00. The van der Waals surface area contributed by atoms with Gasteiger partial charge in [-0.15, -0.1) is 5.10 Å². The highest BCUT2D eigenvalue weighted by molar-refractivity contribution is 7.99. The van der Waals surface area contributed by atoms with Gasteiger partial charge in [0, 0.05) is 14.1 Å². The summed E-state index contributed by atoms with van der Waals surface area (Å²) in [6.45, 7) is 0. The number of aromatic amines is 1.